The van der Waals surface area contributed by atoms with Crippen LogP contribution in [0, 0.1) is 0 Å². The molecule has 2 fully saturated rings. The molecule has 1 aromatic carbocycles. The van der Waals surface area contributed by atoms with Crippen molar-refractivity contribution in [1.29, 1.82) is 0 Å². The Morgan fingerprint density at radius 2 is 2.03 bits per heavy atom. The Hall–Kier alpha value is -2.54. The lowest BCUT2D eigenvalue weighted by Crippen LogP contribution is -2.50. The van der Waals surface area contributed by atoms with Crippen LogP contribution in [0.3, 0.4) is 0 Å². The molecular weight excluding hydrogens is 585 g/mol. The number of nitrogens with one attached hydrogen (secondary N) is 2. The number of methoxy groups -OCH3 is 1. The van der Waals surface area contributed by atoms with E-state index in [0.717, 1.165) is 17.4 Å². The zero-order valence-corrected chi connectivity index (χ0v) is 23.1. The van der Waals surface area contributed by atoms with Crippen molar-refractivity contribution in [3.05, 3.63) is 67.9 Å². The van der Waals surface area contributed by atoms with Crippen LogP contribution in [0.5, 0.6) is 5.75 Å². The van der Waals surface area contributed by atoms with Crippen molar-refractivity contribution in [3.63, 3.8) is 0 Å². The molecular formula is C24H29BrN3O9P. The number of carbonyl (C=O) groups is 1. The van der Waals surface area contributed by atoms with Crippen LogP contribution in [0.15, 0.2) is 51.1 Å². The summed E-state index contributed by atoms with van der Waals surface area (Å²) >= 11 is 3.10. The molecule has 2 heterocycles. The van der Waals surface area contributed by atoms with Crippen molar-refractivity contribution in [1.82, 2.24) is 14.6 Å². The van der Waals surface area contributed by atoms with Crippen molar-refractivity contribution < 1.29 is 33.0 Å². The van der Waals surface area contributed by atoms with Gasteiger partial charge in [-0.25, -0.2) is 9.36 Å². The van der Waals surface area contributed by atoms with E-state index in [9.17, 15) is 24.1 Å². The molecule has 2 unspecified atom stereocenters. The number of rotatable bonds is 10. The topological polar surface area (TPSA) is 158 Å². The minimum absolute atomic E-state index is 0.0147. The first-order chi connectivity index (χ1) is 18.2. The lowest BCUT2D eigenvalue weighted by molar-refractivity contribution is -0.147. The summed E-state index contributed by atoms with van der Waals surface area (Å²) in [4.78, 5) is 40.7. The number of aliphatic hydroxyl groups excluding tert-OH is 1. The first-order valence-electron chi connectivity index (χ1n) is 12.0. The number of aromatic amines is 1. The van der Waals surface area contributed by atoms with Crippen LogP contribution in [0.25, 0.3) is 6.08 Å². The van der Waals surface area contributed by atoms with E-state index in [4.69, 9.17) is 18.5 Å². The summed E-state index contributed by atoms with van der Waals surface area (Å²) < 4.78 is 37.4. The van der Waals surface area contributed by atoms with Gasteiger partial charge in [-0.3, -0.25) is 23.7 Å². The van der Waals surface area contributed by atoms with Gasteiger partial charge < -0.3 is 19.1 Å². The zero-order valence-electron chi connectivity index (χ0n) is 20.6. The Bertz CT molecular complexity index is 1320. The van der Waals surface area contributed by atoms with Gasteiger partial charge in [0.2, 0.25) is 0 Å². The predicted molar refractivity (Wildman–Crippen MR) is 141 cm³/mol. The molecule has 12 nitrogen and oxygen atoms in total. The van der Waals surface area contributed by atoms with E-state index in [2.05, 4.69) is 26.0 Å². The first-order valence-corrected chi connectivity index (χ1v) is 14.5. The maximum absolute atomic E-state index is 14.0. The Balaban J connectivity index is 1.54. The summed E-state index contributed by atoms with van der Waals surface area (Å²) in [6, 6.07) is 8.34. The molecule has 4 atom stereocenters. The van der Waals surface area contributed by atoms with Crippen LogP contribution >= 0.6 is 23.7 Å². The average molecular weight is 614 g/mol. The highest BCUT2D eigenvalue weighted by molar-refractivity contribution is 9.11. The van der Waals surface area contributed by atoms with Gasteiger partial charge in [0.25, 0.3) is 5.56 Å². The molecule has 1 saturated carbocycles. The van der Waals surface area contributed by atoms with Crippen molar-refractivity contribution in [2.75, 3.05) is 13.7 Å². The second-order valence-corrected chi connectivity index (χ2v) is 11.3. The van der Waals surface area contributed by atoms with Crippen molar-refractivity contribution in [3.8, 4) is 5.75 Å². The number of esters is 1. The van der Waals surface area contributed by atoms with Crippen molar-refractivity contribution >= 4 is 35.7 Å². The number of ether oxygens (including phenoxy) is 2. The number of hydrogen-bond donors (Lipinski definition) is 3. The number of hydrogen-bond acceptors (Lipinski definition) is 9. The molecule has 2 aromatic rings. The van der Waals surface area contributed by atoms with E-state index in [1.54, 1.807) is 30.3 Å². The third-order valence-electron chi connectivity index (χ3n) is 6.51. The number of benzene rings is 1. The number of halogens is 1. The molecule has 1 saturated heterocycles. The standard InChI is InChI=1S/C24H29BrN3O9P/c1-34-22(31)24(10-5-6-11-24)27-38(33,37-17-7-3-2-4-8-17)35-15-19-18(29)13-20(36-19)28-14-16(9-12-25)21(30)26-23(28)32/h2-4,7-9,12,14,18-20,29H,5-6,10-11,13,15H2,1H3,(H,27,33)(H,26,30,32)/b12-9+/t18?,19-,20-,38?/m1/s1. The second kappa shape index (κ2) is 12.1. The fraction of sp³-hybridized carbons (Fsp3) is 0.458. The largest absolute Gasteiger partial charge is 0.468 e. The summed E-state index contributed by atoms with van der Waals surface area (Å²) in [5, 5.41) is 13.5. The normalized spacial score (nSPS) is 24.3. The molecule has 0 radical (unpaired) electrons. The molecule has 206 valence electrons. The molecule has 1 aliphatic heterocycles. The number of aromatic nitrogens is 2. The third kappa shape index (κ3) is 6.36. The Kier molecular flexibility index (Phi) is 9.07. The van der Waals surface area contributed by atoms with Gasteiger partial charge >= 0.3 is 19.4 Å². The number of aliphatic hydroxyl groups is 1. The van der Waals surface area contributed by atoms with Gasteiger partial charge in [-0.15, -0.1) is 0 Å². The average Bonchev–Trinajstić information content (AvgIpc) is 3.51. The molecule has 3 N–H and O–H groups in total. The molecule has 38 heavy (non-hydrogen) atoms. The molecule has 2 aliphatic rings. The summed E-state index contributed by atoms with van der Waals surface area (Å²) in [7, 11) is -2.94. The smallest absolute Gasteiger partial charge is 0.459 e. The lowest BCUT2D eigenvalue weighted by Gasteiger charge is -2.31. The number of carbonyl (C=O) groups excluding carboxylic acids is 1. The number of H-pyrrole nitrogens is 1. The molecule has 1 aromatic heterocycles. The molecule has 0 spiro atoms. The van der Waals surface area contributed by atoms with Gasteiger partial charge in [0.15, 0.2) is 0 Å². The van der Waals surface area contributed by atoms with Gasteiger partial charge in [-0.05, 0) is 36.0 Å². The third-order valence-corrected chi connectivity index (χ3v) is 8.42. The van der Waals surface area contributed by atoms with Crippen molar-refractivity contribution in [2.45, 2.75) is 56.1 Å². The second-order valence-electron chi connectivity index (χ2n) is 9.07. The predicted octanol–water partition coefficient (Wildman–Crippen LogP) is 2.83. The molecule has 14 heteroatoms. The number of nitrogens with zero attached hydrogens (tertiary/aromatic N) is 1. The SMILES string of the molecule is COC(=O)C1(NP(=O)(OC[C@H]2O[C@@H](n3cc(/C=C/Br)c(=O)[nH]c3=O)CC2O)Oc2ccccc2)CCCC1. The summed E-state index contributed by atoms with van der Waals surface area (Å²) in [6.45, 7) is -0.377. The van der Waals surface area contributed by atoms with Crippen LogP contribution in [0.2, 0.25) is 0 Å². The van der Waals surface area contributed by atoms with E-state index in [-0.39, 0.29) is 24.3 Å². The summed E-state index contributed by atoms with van der Waals surface area (Å²) in [5.41, 5.74) is -2.33. The van der Waals surface area contributed by atoms with E-state index in [1.165, 1.54) is 24.4 Å². The minimum atomic E-state index is -4.20. The van der Waals surface area contributed by atoms with Crippen LogP contribution in [0.1, 0.15) is 43.9 Å². The quantitative estimate of drug-likeness (QED) is 0.269. The summed E-state index contributed by atoms with van der Waals surface area (Å²) in [5.74, 6) is -0.322. The van der Waals surface area contributed by atoms with Crippen LogP contribution in [-0.2, 0) is 23.4 Å². The van der Waals surface area contributed by atoms with E-state index >= 15 is 0 Å². The fourth-order valence-electron chi connectivity index (χ4n) is 4.61. The van der Waals surface area contributed by atoms with E-state index in [1.807, 2.05) is 0 Å². The molecule has 0 bridgehead atoms. The zero-order chi connectivity index (χ0) is 27.3. The Labute approximate surface area is 226 Å². The Morgan fingerprint density at radius 3 is 2.68 bits per heavy atom. The van der Waals surface area contributed by atoms with E-state index < -0.39 is 48.9 Å². The maximum Gasteiger partial charge on any atom is 0.459 e. The Morgan fingerprint density at radius 1 is 1.32 bits per heavy atom. The lowest BCUT2D eigenvalue weighted by atomic mass is 10.00. The monoisotopic (exact) mass is 613 g/mol. The van der Waals surface area contributed by atoms with Gasteiger partial charge in [0.05, 0.1) is 25.4 Å². The molecule has 0 amide bonds. The fourth-order valence-corrected chi connectivity index (χ4v) is 6.64. The van der Waals surface area contributed by atoms with Gasteiger partial charge in [0.1, 0.15) is 23.6 Å². The number of para-hydroxylation sites is 1. The van der Waals surface area contributed by atoms with Crippen molar-refractivity contribution in [2.24, 2.45) is 0 Å². The molecule has 4 rings (SSSR count). The highest BCUT2D eigenvalue weighted by Gasteiger charge is 2.49. The molecule has 1 aliphatic carbocycles. The van der Waals surface area contributed by atoms with Crippen LogP contribution in [0.4, 0.5) is 0 Å². The highest BCUT2D eigenvalue weighted by atomic mass is 79.9. The highest BCUT2D eigenvalue weighted by Crippen LogP contribution is 2.50. The minimum Gasteiger partial charge on any atom is -0.468 e. The first kappa shape index (κ1) is 28.5. The van der Waals surface area contributed by atoms with Gasteiger partial charge in [-0.1, -0.05) is 47.0 Å². The maximum atomic E-state index is 14.0. The summed E-state index contributed by atoms with van der Waals surface area (Å²) in [6.07, 6.45) is 2.03. The van der Waals surface area contributed by atoms with Crippen LogP contribution < -0.4 is 20.9 Å². The van der Waals surface area contributed by atoms with Gasteiger partial charge in [-0.2, -0.15) is 5.09 Å². The van der Waals surface area contributed by atoms with Crippen LogP contribution in [-0.4, -0.2) is 52.1 Å². The van der Waals surface area contributed by atoms with E-state index in [0.29, 0.717) is 12.8 Å². The van der Waals surface area contributed by atoms with Gasteiger partial charge in [0, 0.05) is 12.6 Å².